The number of anilines is 1. The lowest BCUT2D eigenvalue weighted by molar-refractivity contribution is 0.0944. The van der Waals surface area contributed by atoms with Crippen LogP contribution in [0.3, 0.4) is 0 Å². The van der Waals surface area contributed by atoms with Gasteiger partial charge in [-0.15, -0.1) is 0 Å². The highest BCUT2D eigenvalue weighted by Gasteiger charge is 2.20. The molecule has 0 aliphatic carbocycles. The Kier molecular flexibility index (Phi) is 5.54. The van der Waals surface area contributed by atoms with Gasteiger partial charge in [-0.05, 0) is 48.8 Å². The first kappa shape index (κ1) is 18.4. The Morgan fingerprint density at radius 1 is 1.19 bits per heavy atom. The molecule has 0 fully saturated rings. The smallest absolute Gasteiger partial charge is 0.265 e. The normalized spacial score (nSPS) is 11.9. The number of hydrogen-bond acceptors (Lipinski definition) is 4. The second-order valence-electron chi connectivity index (χ2n) is 6.04. The molecule has 0 unspecified atom stereocenters. The zero-order valence-electron chi connectivity index (χ0n) is 14.7. The molecule has 3 aromatic rings. The van der Waals surface area contributed by atoms with Gasteiger partial charge in [-0.25, -0.2) is 0 Å². The Balaban J connectivity index is 1.87. The van der Waals surface area contributed by atoms with Crippen molar-refractivity contribution >= 4 is 35.3 Å². The molecule has 2 aromatic carbocycles. The van der Waals surface area contributed by atoms with E-state index in [4.69, 9.17) is 18.0 Å². The number of hydrogen-bond donors (Lipinski definition) is 2. The Morgan fingerprint density at radius 3 is 2.46 bits per heavy atom. The summed E-state index contributed by atoms with van der Waals surface area (Å²) in [6.07, 6.45) is 0.968. The van der Waals surface area contributed by atoms with E-state index in [1.54, 1.807) is 4.57 Å². The molecule has 1 heterocycles. The minimum Gasteiger partial charge on any atom is -0.383 e. The second kappa shape index (κ2) is 7.85. The molecule has 0 aliphatic rings. The molecular formula is C20H21N3OS2. The number of thiazole rings is 1. The summed E-state index contributed by atoms with van der Waals surface area (Å²) in [6.45, 7) is 4.05. The van der Waals surface area contributed by atoms with Crippen LogP contribution in [0, 0.1) is 3.95 Å². The van der Waals surface area contributed by atoms with Crippen LogP contribution in [0.5, 0.6) is 0 Å². The largest absolute Gasteiger partial charge is 0.383 e. The van der Waals surface area contributed by atoms with E-state index in [2.05, 4.69) is 12.2 Å². The quantitative estimate of drug-likeness (QED) is 0.616. The van der Waals surface area contributed by atoms with Gasteiger partial charge in [0.25, 0.3) is 5.91 Å². The molecule has 0 bridgehead atoms. The van der Waals surface area contributed by atoms with Crippen LogP contribution in [-0.4, -0.2) is 10.5 Å². The summed E-state index contributed by atoms with van der Waals surface area (Å²) in [5, 5.41) is 3.00. The molecule has 4 nitrogen and oxygen atoms in total. The highest BCUT2D eigenvalue weighted by atomic mass is 32.1. The maximum Gasteiger partial charge on any atom is 0.265 e. The molecular weight excluding hydrogens is 362 g/mol. The van der Waals surface area contributed by atoms with E-state index in [0.717, 1.165) is 17.7 Å². The Morgan fingerprint density at radius 2 is 1.85 bits per heavy atom. The van der Waals surface area contributed by atoms with E-state index in [9.17, 15) is 4.79 Å². The Labute approximate surface area is 162 Å². The number of rotatable bonds is 5. The lowest BCUT2D eigenvalue weighted by Gasteiger charge is -2.14. The summed E-state index contributed by atoms with van der Waals surface area (Å²) < 4.78 is 2.31. The molecule has 3 N–H and O–H groups in total. The van der Waals surface area contributed by atoms with Gasteiger partial charge in [0, 0.05) is 5.69 Å². The molecule has 3 rings (SSSR count). The lowest BCUT2D eigenvalue weighted by Crippen LogP contribution is -2.26. The number of carbonyl (C=O) groups excluding carboxylic acids is 1. The minimum atomic E-state index is -0.209. The summed E-state index contributed by atoms with van der Waals surface area (Å²) in [6, 6.07) is 17.8. The van der Waals surface area contributed by atoms with Crippen LogP contribution < -0.4 is 11.1 Å². The van der Waals surface area contributed by atoms with Gasteiger partial charge in [0.15, 0.2) is 3.95 Å². The first-order chi connectivity index (χ1) is 12.5. The predicted molar refractivity (Wildman–Crippen MR) is 111 cm³/mol. The van der Waals surface area contributed by atoms with Gasteiger partial charge in [-0.3, -0.25) is 9.36 Å². The third kappa shape index (κ3) is 3.71. The van der Waals surface area contributed by atoms with E-state index in [1.165, 1.54) is 16.9 Å². The van der Waals surface area contributed by atoms with Crippen molar-refractivity contribution < 1.29 is 4.79 Å². The third-order valence-corrected chi connectivity index (χ3v) is 5.69. The fourth-order valence-electron chi connectivity index (χ4n) is 2.76. The fraction of sp³-hybridized carbons (Fsp3) is 0.200. The van der Waals surface area contributed by atoms with Crippen molar-refractivity contribution in [3.05, 3.63) is 74.6 Å². The number of aromatic nitrogens is 1. The van der Waals surface area contributed by atoms with E-state index >= 15 is 0 Å². The number of nitrogen functional groups attached to an aromatic ring is 1. The molecule has 6 heteroatoms. The maximum absolute atomic E-state index is 12.7. The summed E-state index contributed by atoms with van der Waals surface area (Å²) in [5.74, 6) is 0.167. The average molecular weight is 384 g/mol. The van der Waals surface area contributed by atoms with Gasteiger partial charge in [0.2, 0.25) is 0 Å². The summed E-state index contributed by atoms with van der Waals surface area (Å²) in [4.78, 5) is 13.1. The summed E-state index contributed by atoms with van der Waals surface area (Å²) >= 11 is 6.68. The van der Waals surface area contributed by atoms with Crippen molar-refractivity contribution in [1.82, 2.24) is 9.88 Å². The van der Waals surface area contributed by atoms with Crippen LogP contribution in [0.4, 0.5) is 5.82 Å². The molecule has 1 aromatic heterocycles. The molecule has 0 saturated heterocycles. The highest BCUT2D eigenvalue weighted by Crippen LogP contribution is 2.27. The molecule has 0 aliphatic heterocycles. The highest BCUT2D eigenvalue weighted by molar-refractivity contribution is 7.73. The van der Waals surface area contributed by atoms with E-state index in [1.807, 2.05) is 61.5 Å². The van der Waals surface area contributed by atoms with E-state index < -0.39 is 0 Å². The van der Waals surface area contributed by atoms with Crippen molar-refractivity contribution in [1.29, 1.82) is 0 Å². The first-order valence-corrected chi connectivity index (χ1v) is 9.70. The fourth-order valence-corrected chi connectivity index (χ4v) is 4.03. The topological polar surface area (TPSA) is 60.0 Å². The Hall–Kier alpha value is -2.44. The zero-order chi connectivity index (χ0) is 18.7. The molecule has 0 spiro atoms. The van der Waals surface area contributed by atoms with Gasteiger partial charge >= 0.3 is 0 Å². The lowest BCUT2D eigenvalue weighted by atomic mass is 10.1. The van der Waals surface area contributed by atoms with Crippen molar-refractivity contribution in [2.45, 2.75) is 26.3 Å². The Bertz CT molecular complexity index is 959. The first-order valence-electron chi connectivity index (χ1n) is 8.47. The number of aryl methyl sites for hydroxylation is 1. The molecule has 134 valence electrons. The number of carbonyl (C=O) groups is 1. The molecule has 1 atom stereocenters. The van der Waals surface area contributed by atoms with Gasteiger partial charge in [-0.1, -0.05) is 60.7 Å². The van der Waals surface area contributed by atoms with Crippen LogP contribution in [0.15, 0.2) is 54.6 Å². The van der Waals surface area contributed by atoms with Crippen LogP contribution in [0.2, 0.25) is 0 Å². The van der Waals surface area contributed by atoms with E-state index in [0.29, 0.717) is 14.6 Å². The molecule has 0 radical (unpaired) electrons. The SMILES string of the molecule is CCc1ccc(-n2c(N)c(C(=O)N[C@H](C)c3ccccc3)sc2=S)cc1. The van der Waals surface area contributed by atoms with Gasteiger partial charge in [0.05, 0.1) is 6.04 Å². The van der Waals surface area contributed by atoms with Crippen LogP contribution in [0.25, 0.3) is 5.69 Å². The molecule has 26 heavy (non-hydrogen) atoms. The van der Waals surface area contributed by atoms with Crippen molar-refractivity contribution in [2.75, 3.05) is 5.73 Å². The summed E-state index contributed by atoms with van der Waals surface area (Å²) in [7, 11) is 0. The number of amides is 1. The number of nitrogens with one attached hydrogen (secondary N) is 1. The number of nitrogens with two attached hydrogens (primary N) is 1. The predicted octanol–water partition coefficient (Wildman–Crippen LogP) is 4.90. The monoisotopic (exact) mass is 383 g/mol. The van der Waals surface area contributed by atoms with Crippen LogP contribution in [0.1, 0.15) is 40.7 Å². The van der Waals surface area contributed by atoms with Crippen LogP contribution in [-0.2, 0) is 6.42 Å². The standard InChI is InChI=1S/C20H21N3OS2/c1-3-14-9-11-16(12-10-14)23-18(21)17(26-20(23)25)19(24)22-13(2)15-7-5-4-6-8-15/h4-13H,3,21H2,1-2H3,(H,22,24)/t13-/m1/s1. The van der Waals surface area contributed by atoms with Crippen LogP contribution >= 0.6 is 23.6 Å². The van der Waals surface area contributed by atoms with Crippen molar-refractivity contribution in [3.63, 3.8) is 0 Å². The van der Waals surface area contributed by atoms with Gasteiger partial charge in [0.1, 0.15) is 10.7 Å². The second-order valence-corrected chi connectivity index (χ2v) is 7.69. The molecule has 0 saturated carbocycles. The maximum atomic E-state index is 12.7. The van der Waals surface area contributed by atoms with Gasteiger partial charge < -0.3 is 11.1 Å². The van der Waals surface area contributed by atoms with Gasteiger partial charge in [-0.2, -0.15) is 0 Å². The molecule has 1 amide bonds. The zero-order valence-corrected chi connectivity index (χ0v) is 16.4. The average Bonchev–Trinajstić information content (AvgIpc) is 2.97. The summed E-state index contributed by atoms with van der Waals surface area (Å²) in [5.41, 5.74) is 9.42. The van der Waals surface area contributed by atoms with Crippen molar-refractivity contribution in [3.8, 4) is 5.69 Å². The minimum absolute atomic E-state index is 0.115. The third-order valence-electron chi connectivity index (χ3n) is 4.30. The van der Waals surface area contributed by atoms with E-state index in [-0.39, 0.29) is 11.9 Å². The number of benzene rings is 2. The number of nitrogens with zero attached hydrogens (tertiary/aromatic N) is 1. The van der Waals surface area contributed by atoms with Crippen molar-refractivity contribution in [2.24, 2.45) is 0 Å².